The minimum Gasteiger partial charge on any atom is -0.497 e. The molecular formula is C11H13F3N2O2. The third kappa shape index (κ3) is 5.42. The second-order valence-corrected chi connectivity index (χ2v) is 3.50. The zero-order chi connectivity index (χ0) is 13.6. The Morgan fingerprint density at radius 1 is 1.22 bits per heavy atom. The van der Waals surface area contributed by atoms with Gasteiger partial charge in [0.25, 0.3) is 0 Å². The molecule has 0 aromatic heterocycles. The molecule has 0 fully saturated rings. The standard InChI is InChI=1S/C11H13F3N2O2/c1-18-9-4-2-8(3-5-9)6-15-10(17)16-7-11(12,13)14/h2-5H,6-7H2,1H3,(H2,15,16,17). The van der Waals surface area contributed by atoms with Gasteiger partial charge in [-0.3, -0.25) is 0 Å². The van der Waals surface area contributed by atoms with Gasteiger partial charge >= 0.3 is 12.2 Å². The number of amides is 2. The van der Waals surface area contributed by atoms with Crippen molar-refractivity contribution < 1.29 is 22.7 Å². The van der Waals surface area contributed by atoms with Gasteiger partial charge in [-0.15, -0.1) is 0 Å². The smallest absolute Gasteiger partial charge is 0.405 e. The summed E-state index contributed by atoms with van der Waals surface area (Å²) in [5.74, 6) is 0.667. The van der Waals surface area contributed by atoms with Gasteiger partial charge in [0.05, 0.1) is 7.11 Å². The van der Waals surface area contributed by atoms with Crippen LogP contribution in [0, 0.1) is 0 Å². The highest BCUT2D eigenvalue weighted by atomic mass is 19.4. The fourth-order valence-corrected chi connectivity index (χ4v) is 1.17. The third-order valence-corrected chi connectivity index (χ3v) is 2.06. The molecule has 0 heterocycles. The molecule has 0 unspecified atom stereocenters. The van der Waals surface area contributed by atoms with Gasteiger partial charge in [-0.05, 0) is 17.7 Å². The zero-order valence-electron chi connectivity index (χ0n) is 9.67. The molecule has 1 rings (SSSR count). The average molecular weight is 262 g/mol. The van der Waals surface area contributed by atoms with E-state index in [9.17, 15) is 18.0 Å². The monoisotopic (exact) mass is 262 g/mol. The number of carbonyl (C=O) groups excluding carboxylic acids is 1. The van der Waals surface area contributed by atoms with Gasteiger partial charge in [0.1, 0.15) is 12.3 Å². The fraction of sp³-hybridized carbons (Fsp3) is 0.364. The lowest BCUT2D eigenvalue weighted by Gasteiger charge is -2.10. The Bertz CT molecular complexity index is 390. The van der Waals surface area contributed by atoms with Crippen molar-refractivity contribution in [2.75, 3.05) is 13.7 Å². The number of alkyl halides is 3. The van der Waals surface area contributed by atoms with Gasteiger partial charge in [-0.1, -0.05) is 12.1 Å². The Labute approximate surface area is 102 Å². The van der Waals surface area contributed by atoms with Crippen LogP contribution >= 0.6 is 0 Å². The minimum absolute atomic E-state index is 0.147. The van der Waals surface area contributed by atoms with Gasteiger partial charge in [-0.2, -0.15) is 13.2 Å². The van der Waals surface area contributed by atoms with Crippen LogP contribution in [0.4, 0.5) is 18.0 Å². The predicted octanol–water partition coefficient (Wildman–Crippen LogP) is 2.06. The number of hydrogen-bond donors (Lipinski definition) is 2. The number of nitrogens with one attached hydrogen (secondary N) is 2. The van der Waals surface area contributed by atoms with E-state index in [4.69, 9.17) is 4.74 Å². The van der Waals surface area contributed by atoms with Crippen molar-refractivity contribution in [1.82, 2.24) is 10.6 Å². The first-order chi connectivity index (χ1) is 8.40. The van der Waals surface area contributed by atoms with Crippen LogP contribution in [0.1, 0.15) is 5.56 Å². The minimum atomic E-state index is -4.41. The maximum atomic E-state index is 11.8. The van der Waals surface area contributed by atoms with Crippen LogP contribution in [-0.4, -0.2) is 25.9 Å². The molecule has 4 nitrogen and oxygen atoms in total. The van der Waals surface area contributed by atoms with Gasteiger partial charge < -0.3 is 15.4 Å². The number of hydrogen-bond acceptors (Lipinski definition) is 2. The Balaban J connectivity index is 2.33. The summed E-state index contributed by atoms with van der Waals surface area (Å²) in [4.78, 5) is 11.0. The highest BCUT2D eigenvalue weighted by molar-refractivity contribution is 5.73. The lowest BCUT2D eigenvalue weighted by Crippen LogP contribution is -2.40. The van der Waals surface area contributed by atoms with E-state index in [2.05, 4.69) is 5.32 Å². The molecule has 2 amide bonds. The lowest BCUT2D eigenvalue weighted by atomic mass is 10.2. The average Bonchev–Trinajstić information content (AvgIpc) is 2.33. The molecule has 0 spiro atoms. The second-order valence-electron chi connectivity index (χ2n) is 3.50. The van der Waals surface area contributed by atoms with E-state index in [1.165, 1.54) is 7.11 Å². The normalized spacial score (nSPS) is 10.9. The van der Waals surface area contributed by atoms with Crippen LogP contribution < -0.4 is 15.4 Å². The highest BCUT2D eigenvalue weighted by Crippen LogP contribution is 2.12. The van der Waals surface area contributed by atoms with E-state index < -0.39 is 18.8 Å². The highest BCUT2D eigenvalue weighted by Gasteiger charge is 2.27. The Hall–Kier alpha value is -1.92. The molecule has 0 radical (unpaired) electrons. The van der Waals surface area contributed by atoms with Crippen molar-refractivity contribution in [2.45, 2.75) is 12.7 Å². The first-order valence-electron chi connectivity index (χ1n) is 5.12. The van der Waals surface area contributed by atoms with Gasteiger partial charge in [0.15, 0.2) is 0 Å². The molecule has 0 aliphatic carbocycles. The SMILES string of the molecule is COc1ccc(CNC(=O)NCC(F)(F)F)cc1. The Kier molecular flexibility index (Phi) is 4.82. The Morgan fingerprint density at radius 2 is 1.83 bits per heavy atom. The van der Waals surface area contributed by atoms with Gasteiger partial charge in [0, 0.05) is 6.54 Å². The van der Waals surface area contributed by atoms with Crippen LogP contribution in [0.2, 0.25) is 0 Å². The van der Waals surface area contributed by atoms with Crippen LogP contribution in [-0.2, 0) is 6.54 Å². The number of halogens is 3. The van der Waals surface area contributed by atoms with Crippen molar-refractivity contribution in [2.24, 2.45) is 0 Å². The lowest BCUT2D eigenvalue weighted by molar-refractivity contribution is -0.122. The number of benzene rings is 1. The molecule has 0 saturated heterocycles. The first-order valence-corrected chi connectivity index (χ1v) is 5.12. The molecule has 0 bridgehead atoms. The molecule has 1 aromatic rings. The number of ether oxygens (including phenoxy) is 1. The Morgan fingerprint density at radius 3 is 2.33 bits per heavy atom. The van der Waals surface area contributed by atoms with Crippen LogP contribution in [0.25, 0.3) is 0 Å². The van der Waals surface area contributed by atoms with Gasteiger partial charge in [-0.25, -0.2) is 4.79 Å². The van der Waals surface area contributed by atoms with Crippen molar-refractivity contribution in [3.05, 3.63) is 29.8 Å². The topological polar surface area (TPSA) is 50.4 Å². The first kappa shape index (κ1) is 14.1. The van der Waals surface area contributed by atoms with E-state index >= 15 is 0 Å². The quantitative estimate of drug-likeness (QED) is 0.872. The molecule has 1 aromatic carbocycles. The molecule has 100 valence electrons. The number of rotatable bonds is 4. The molecule has 2 N–H and O–H groups in total. The van der Waals surface area contributed by atoms with Gasteiger partial charge in [0.2, 0.25) is 0 Å². The van der Waals surface area contributed by atoms with E-state index in [0.29, 0.717) is 5.75 Å². The molecule has 0 aliphatic rings. The summed E-state index contributed by atoms with van der Waals surface area (Å²) in [6.07, 6.45) is -4.41. The van der Waals surface area contributed by atoms with E-state index in [1.54, 1.807) is 29.6 Å². The summed E-state index contributed by atoms with van der Waals surface area (Å²) >= 11 is 0. The number of carbonyl (C=O) groups is 1. The number of urea groups is 1. The predicted molar refractivity (Wildman–Crippen MR) is 59.3 cm³/mol. The maximum absolute atomic E-state index is 11.8. The second kappa shape index (κ2) is 6.13. The van der Waals surface area contributed by atoms with E-state index in [0.717, 1.165) is 5.56 Å². The van der Waals surface area contributed by atoms with Crippen molar-refractivity contribution in [3.8, 4) is 5.75 Å². The third-order valence-electron chi connectivity index (χ3n) is 2.06. The van der Waals surface area contributed by atoms with Crippen molar-refractivity contribution >= 4 is 6.03 Å². The molecule has 0 atom stereocenters. The summed E-state index contributed by atoms with van der Waals surface area (Å²) in [7, 11) is 1.53. The van der Waals surface area contributed by atoms with Crippen molar-refractivity contribution in [1.29, 1.82) is 0 Å². The molecule has 0 aliphatic heterocycles. The van der Waals surface area contributed by atoms with E-state index in [1.807, 2.05) is 0 Å². The van der Waals surface area contributed by atoms with Crippen LogP contribution in [0.3, 0.4) is 0 Å². The fourth-order valence-electron chi connectivity index (χ4n) is 1.17. The van der Waals surface area contributed by atoms with E-state index in [-0.39, 0.29) is 6.54 Å². The van der Waals surface area contributed by atoms with Crippen LogP contribution in [0.5, 0.6) is 5.75 Å². The summed E-state index contributed by atoms with van der Waals surface area (Å²) < 4.78 is 40.4. The number of methoxy groups -OCH3 is 1. The summed E-state index contributed by atoms with van der Waals surface area (Å²) in [5.41, 5.74) is 0.762. The van der Waals surface area contributed by atoms with Crippen molar-refractivity contribution in [3.63, 3.8) is 0 Å². The summed E-state index contributed by atoms with van der Waals surface area (Å²) in [5, 5.41) is 4.03. The summed E-state index contributed by atoms with van der Waals surface area (Å²) in [6, 6.07) is 5.96. The molecular weight excluding hydrogens is 249 g/mol. The largest absolute Gasteiger partial charge is 0.497 e. The molecule has 18 heavy (non-hydrogen) atoms. The molecule has 0 saturated carbocycles. The zero-order valence-corrected chi connectivity index (χ0v) is 9.67. The van der Waals surface area contributed by atoms with Crippen LogP contribution in [0.15, 0.2) is 24.3 Å². The summed E-state index contributed by atoms with van der Waals surface area (Å²) in [6.45, 7) is -1.20. The molecule has 7 heteroatoms. The maximum Gasteiger partial charge on any atom is 0.405 e.